The molecule has 0 radical (unpaired) electrons. The van der Waals surface area contributed by atoms with Crippen LogP contribution in [-0.2, 0) is 0 Å². The molecule has 2 heterocycles. The van der Waals surface area contributed by atoms with Crippen LogP contribution in [0.25, 0.3) is 0 Å². The lowest BCUT2D eigenvalue weighted by molar-refractivity contribution is -0.0743. The van der Waals surface area contributed by atoms with Gasteiger partial charge in [-0.2, -0.15) is 0 Å². The van der Waals surface area contributed by atoms with Gasteiger partial charge in [-0.25, -0.2) is 0 Å². The molecular weight excluding hydrogens is 184 g/mol. The number of nitrogens with zero attached hydrogens (tertiary/aromatic N) is 2. The van der Waals surface area contributed by atoms with E-state index < -0.39 is 0 Å². The Bertz CT molecular complexity index is 229. The van der Waals surface area contributed by atoms with Crippen molar-refractivity contribution in [2.24, 2.45) is 11.3 Å². The SMILES string of the molecule is CC1CN(C2CC3(CCN(C)CC3)C2)C1. The van der Waals surface area contributed by atoms with E-state index in [0.29, 0.717) is 0 Å². The quantitative estimate of drug-likeness (QED) is 0.648. The smallest absolute Gasteiger partial charge is 0.0106 e. The van der Waals surface area contributed by atoms with Crippen molar-refractivity contribution >= 4 is 0 Å². The summed E-state index contributed by atoms with van der Waals surface area (Å²) in [5.41, 5.74) is 0.774. The van der Waals surface area contributed by atoms with Gasteiger partial charge in [0.2, 0.25) is 0 Å². The fourth-order valence-corrected chi connectivity index (χ4v) is 3.74. The van der Waals surface area contributed by atoms with E-state index in [1.165, 1.54) is 51.9 Å². The van der Waals surface area contributed by atoms with Gasteiger partial charge in [0.25, 0.3) is 0 Å². The lowest BCUT2D eigenvalue weighted by atomic mass is 9.59. The minimum atomic E-state index is 0.774. The Kier molecular flexibility index (Phi) is 2.33. The molecule has 1 saturated carbocycles. The fraction of sp³-hybridized carbons (Fsp3) is 1.00. The normalized spacial score (nSPS) is 34.0. The van der Waals surface area contributed by atoms with Crippen LogP contribution in [0.1, 0.15) is 32.6 Å². The second-order valence-electron chi connectivity index (χ2n) is 6.42. The molecule has 2 saturated heterocycles. The molecule has 1 spiro atoms. The Balaban J connectivity index is 1.48. The molecule has 0 aromatic heterocycles. The second kappa shape index (κ2) is 3.46. The molecule has 0 atom stereocenters. The Morgan fingerprint density at radius 3 is 2.20 bits per heavy atom. The first-order chi connectivity index (χ1) is 7.17. The molecule has 3 aliphatic rings. The Morgan fingerprint density at radius 1 is 1.07 bits per heavy atom. The summed E-state index contributed by atoms with van der Waals surface area (Å²) in [5.74, 6) is 0.971. The van der Waals surface area contributed by atoms with E-state index in [2.05, 4.69) is 23.8 Å². The van der Waals surface area contributed by atoms with E-state index in [0.717, 1.165) is 17.4 Å². The average Bonchev–Trinajstić information content (AvgIpc) is 2.12. The van der Waals surface area contributed by atoms with Gasteiger partial charge in [0.05, 0.1) is 0 Å². The van der Waals surface area contributed by atoms with Crippen molar-refractivity contribution in [3.63, 3.8) is 0 Å². The third-order valence-electron chi connectivity index (χ3n) is 4.99. The molecule has 1 aliphatic carbocycles. The van der Waals surface area contributed by atoms with Crippen LogP contribution in [0, 0.1) is 11.3 Å². The van der Waals surface area contributed by atoms with Crippen molar-refractivity contribution in [1.29, 1.82) is 0 Å². The number of piperidine rings is 1. The zero-order chi connectivity index (χ0) is 10.5. The summed E-state index contributed by atoms with van der Waals surface area (Å²) in [6, 6.07) is 0.963. The molecule has 2 nitrogen and oxygen atoms in total. The highest BCUT2D eigenvalue weighted by Gasteiger charge is 2.48. The summed E-state index contributed by atoms with van der Waals surface area (Å²) in [6.07, 6.45) is 5.94. The first-order valence-electron chi connectivity index (χ1n) is 6.59. The molecule has 2 heteroatoms. The molecule has 15 heavy (non-hydrogen) atoms. The maximum atomic E-state index is 2.72. The molecule has 0 bridgehead atoms. The van der Waals surface area contributed by atoms with Crippen LogP contribution in [0.15, 0.2) is 0 Å². The van der Waals surface area contributed by atoms with Crippen molar-refractivity contribution in [3.8, 4) is 0 Å². The molecule has 3 fully saturated rings. The van der Waals surface area contributed by atoms with Crippen LogP contribution in [0.5, 0.6) is 0 Å². The summed E-state index contributed by atoms with van der Waals surface area (Å²) in [6.45, 7) is 7.80. The monoisotopic (exact) mass is 208 g/mol. The maximum absolute atomic E-state index is 2.72. The highest BCUT2D eigenvalue weighted by molar-refractivity contribution is 5.02. The van der Waals surface area contributed by atoms with Crippen LogP contribution >= 0.6 is 0 Å². The standard InChI is InChI=1S/C13H24N2/c1-11-9-15(10-11)12-7-13(8-12)3-5-14(2)6-4-13/h11-12H,3-10H2,1-2H3. The third kappa shape index (κ3) is 1.72. The predicted molar refractivity (Wildman–Crippen MR) is 62.9 cm³/mol. The van der Waals surface area contributed by atoms with Gasteiger partial charge in [-0.05, 0) is 57.2 Å². The highest BCUT2D eigenvalue weighted by atomic mass is 15.2. The molecular formula is C13H24N2. The van der Waals surface area contributed by atoms with E-state index >= 15 is 0 Å². The first-order valence-corrected chi connectivity index (χ1v) is 6.59. The van der Waals surface area contributed by atoms with Crippen LogP contribution < -0.4 is 0 Å². The Hall–Kier alpha value is -0.0800. The topological polar surface area (TPSA) is 6.48 Å². The van der Waals surface area contributed by atoms with Crippen molar-refractivity contribution < 1.29 is 0 Å². The van der Waals surface area contributed by atoms with Crippen molar-refractivity contribution in [2.75, 3.05) is 33.2 Å². The lowest BCUT2D eigenvalue weighted by Gasteiger charge is -2.58. The van der Waals surface area contributed by atoms with Crippen molar-refractivity contribution in [2.45, 2.75) is 38.6 Å². The van der Waals surface area contributed by atoms with Crippen molar-refractivity contribution in [1.82, 2.24) is 9.80 Å². The minimum absolute atomic E-state index is 0.774. The van der Waals surface area contributed by atoms with Gasteiger partial charge in [-0.15, -0.1) is 0 Å². The second-order valence-corrected chi connectivity index (χ2v) is 6.42. The predicted octanol–water partition coefficient (Wildman–Crippen LogP) is 1.81. The summed E-state index contributed by atoms with van der Waals surface area (Å²) in [7, 11) is 2.26. The van der Waals surface area contributed by atoms with Gasteiger partial charge in [0, 0.05) is 19.1 Å². The Labute approximate surface area is 93.6 Å². The van der Waals surface area contributed by atoms with Gasteiger partial charge in [0.1, 0.15) is 0 Å². The number of hydrogen-bond donors (Lipinski definition) is 0. The van der Waals surface area contributed by atoms with Gasteiger partial charge in [-0.3, -0.25) is 4.90 Å². The van der Waals surface area contributed by atoms with E-state index in [1.54, 1.807) is 0 Å². The van der Waals surface area contributed by atoms with E-state index in [-0.39, 0.29) is 0 Å². The molecule has 3 rings (SSSR count). The zero-order valence-electron chi connectivity index (χ0n) is 10.2. The first kappa shape index (κ1) is 10.1. The summed E-state index contributed by atoms with van der Waals surface area (Å²) in [4.78, 5) is 5.21. The molecule has 2 aliphatic heterocycles. The van der Waals surface area contributed by atoms with Gasteiger partial charge < -0.3 is 4.90 Å². The molecule has 0 aromatic rings. The van der Waals surface area contributed by atoms with Gasteiger partial charge in [-0.1, -0.05) is 6.92 Å². The summed E-state index contributed by atoms with van der Waals surface area (Å²) < 4.78 is 0. The van der Waals surface area contributed by atoms with Crippen LogP contribution in [0.3, 0.4) is 0 Å². The van der Waals surface area contributed by atoms with E-state index in [4.69, 9.17) is 0 Å². The van der Waals surface area contributed by atoms with Gasteiger partial charge >= 0.3 is 0 Å². The third-order valence-corrected chi connectivity index (χ3v) is 4.99. The fourth-order valence-electron chi connectivity index (χ4n) is 3.74. The van der Waals surface area contributed by atoms with E-state index in [1.807, 2.05) is 0 Å². The highest BCUT2D eigenvalue weighted by Crippen LogP contribution is 2.51. The molecule has 0 aromatic carbocycles. The Morgan fingerprint density at radius 2 is 1.67 bits per heavy atom. The largest absolute Gasteiger partial charge is 0.306 e. The molecule has 86 valence electrons. The number of likely N-dealkylation sites (tertiary alicyclic amines) is 2. The van der Waals surface area contributed by atoms with Crippen LogP contribution in [-0.4, -0.2) is 49.1 Å². The molecule has 0 unspecified atom stereocenters. The molecule has 0 N–H and O–H groups in total. The molecule has 0 amide bonds. The lowest BCUT2D eigenvalue weighted by Crippen LogP contribution is -2.60. The summed E-state index contributed by atoms with van der Waals surface area (Å²) in [5, 5.41) is 0. The summed E-state index contributed by atoms with van der Waals surface area (Å²) >= 11 is 0. The van der Waals surface area contributed by atoms with Crippen LogP contribution in [0.2, 0.25) is 0 Å². The van der Waals surface area contributed by atoms with Crippen molar-refractivity contribution in [3.05, 3.63) is 0 Å². The number of rotatable bonds is 1. The minimum Gasteiger partial charge on any atom is -0.306 e. The number of hydrogen-bond acceptors (Lipinski definition) is 2. The maximum Gasteiger partial charge on any atom is 0.0106 e. The van der Waals surface area contributed by atoms with Crippen LogP contribution in [0.4, 0.5) is 0 Å². The van der Waals surface area contributed by atoms with Gasteiger partial charge in [0.15, 0.2) is 0 Å². The van der Waals surface area contributed by atoms with E-state index in [9.17, 15) is 0 Å². The average molecular weight is 208 g/mol. The zero-order valence-corrected chi connectivity index (χ0v) is 10.2.